The summed E-state index contributed by atoms with van der Waals surface area (Å²) in [5.41, 5.74) is 3.04. The summed E-state index contributed by atoms with van der Waals surface area (Å²) in [4.78, 5) is 4.52. The van der Waals surface area contributed by atoms with E-state index in [-0.39, 0.29) is 6.10 Å². The van der Waals surface area contributed by atoms with Crippen molar-refractivity contribution in [3.8, 4) is 17.0 Å². The molecule has 1 aliphatic carbocycles. The van der Waals surface area contributed by atoms with Crippen LogP contribution in [0, 0.1) is 0 Å². The number of ether oxygens (including phenoxy) is 1. The first-order valence-electron chi connectivity index (χ1n) is 10.3. The molecule has 4 aromatic rings. The van der Waals surface area contributed by atoms with Gasteiger partial charge < -0.3 is 10.1 Å². The first-order chi connectivity index (χ1) is 14.6. The van der Waals surface area contributed by atoms with Crippen LogP contribution in [0.1, 0.15) is 31.7 Å². The number of aryl methyl sites for hydroxylation is 2. The average Bonchev–Trinajstić information content (AvgIpc) is 3.46. The summed E-state index contributed by atoms with van der Waals surface area (Å²) >= 11 is 0. The molecule has 9 nitrogen and oxygen atoms in total. The van der Waals surface area contributed by atoms with Gasteiger partial charge in [0.1, 0.15) is 11.5 Å². The molecule has 0 saturated heterocycles. The lowest BCUT2D eigenvalue weighted by Crippen LogP contribution is -2.26. The van der Waals surface area contributed by atoms with Crippen LogP contribution in [0.5, 0.6) is 5.75 Å². The zero-order chi connectivity index (χ0) is 20.7. The van der Waals surface area contributed by atoms with E-state index in [4.69, 9.17) is 9.84 Å². The third-order valence-corrected chi connectivity index (χ3v) is 5.80. The van der Waals surface area contributed by atoms with Gasteiger partial charge >= 0.3 is 0 Å². The quantitative estimate of drug-likeness (QED) is 0.548. The van der Waals surface area contributed by atoms with Crippen molar-refractivity contribution in [2.24, 2.45) is 14.1 Å². The fourth-order valence-corrected chi connectivity index (χ4v) is 4.26. The summed E-state index contributed by atoms with van der Waals surface area (Å²) < 4.78 is 11.9. The van der Waals surface area contributed by atoms with Crippen molar-refractivity contribution in [1.29, 1.82) is 0 Å². The molecule has 1 fully saturated rings. The number of anilines is 1. The average molecular weight is 406 g/mol. The Morgan fingerprint density at radius 2 is 1.77 bits per heavy atom. The number of nitrogens with one attached hydrogen (secondary N) is 1. The molecule has 0 amide bonds. The van der Waals surface area contributed by atoms with E-state index in [1.165, 1.54) is 0 Å². The molecule has 5 rings (SSSR count). The third-order valence-electron chi connectivity index (χ3n) is 5.80. The molecule has 4 heterocycles. The normalized spacial score (nSPS) is 19.3. The van der Waals surface area contributed by atoms with Gasteiger partial charge in [-0.2, -0.15) is 15.3 Å². The van der Waals surface area contributed by atoms with Gasteiger partial charge in [-0.05, 0) is 25.7 Å². The van der Waals surface area contributed by atoms with Crippen LogP contribution in [0.4, 0.5) is 5.82 Å². The number of fused-ring (bicyclic) bond motifs is 1. The SMILES string of the molecule is CNc1cc2c(cn1)c(-c1cnn(C)c1)nn2[C@H]1CC[C@@H](Oc2cnn(C)c2)CC1. The van der Waals surface area contributed by atoms with Gasteiger partial charge in [0, 0.05) is 50.6 Å². The van der Waals surface area contributed by atoms with E-state index in [1.54, 1.807) is 15.6 Å². The Bertz CT molecular complexity index is 1170. The summed E-state index contributed by atoms with van der Waals surface area (Å²) in [6.45, 7) is 0. The molecule has 0 radical (unpaired) electrons. The molecule has 0 unspecified atom stereocenters. The molecule has 0 bridgehead atoms. The second-order valence-corrected chi connectivity index (χ2v) is 7.93. The third kappa shape index (κ3) is 3.40. The van der Waals surface area contributed by atoms with E-state index in [9.17, 15) is 0 Å². The maximum atomic E-state index is 6.12. The maximum Gasteiger partial charge on any atom is 0.157 e. The summed E-state index contributed by atoms with van der Waals surface area (Å²) in [6.07, 6.45) is 13.7. The standard InChI is InChI=1S/C21H26N8O/c1-22-20-8-19-18(11-23-20)21(14-9-24-27(2)12-14)26-29(19)15-4-6-16(7-5-15)30-17-10-25-28(3)13-17/h8-13,15-16H,4-7H2,1-3H3,(H,22,23)/t15-,16+. The number of pyridine rings is 1. The van der Waals surface area contributed by atoms with Crippen molar-refractivity contribution in [2.75, 3.05) is 12.4 Å². The van der Waals surface area contributed by atoms with Gasteiger partial charge in [0.05, 0.1) is 36.3 Å². The minimum atomic E-state index is 0.222. The molecule has 1 aliphatic rings. The molecule has 0 aliphatic heterocycles. The Kier molecular flexibility index (Phi) is 4.65. The van der Waals surface area contributed by atoms with E-state index in [1.807, 2.05) is 45.9 Å². The Morgan fingerprint density at radius 3 is 2.43 bits per heavy atom. The topological polar surface area (TPSA) is 87.6 Å². The highest BCUT2D eigenvalue weighted by molar-refractivity contribution is 5.93. The minimum Gasteiger partial charge on any atom is -0.487 e. The predicted octanol–water partition coefficient (Wildman–Crippen LogP) is 3.17. The first kappa shape index (κ1) is 18.7. The smallest absolute Gasteiger partial charge is 0.157 e. The zero-order valence-electron chi connectivity index (χ0n) is 17.5. The number of hydrogen-bond acceptors (Lipinski definition) is 6. The second-order valence-electron chi connectivity index (χ2n) is 7.93. The molecule has 156 valence electrons. The number of rotatable bonds is 5. The molecule has 30 heavy (non-hydrogen) atoms. The van der Waals surface area contributed by atoms with Crippen LogP contribution in [-0.4, -0.2) is 47.5 Å². The number of nitrogens with zero attached hydrogens (tertiary/aromatic N) is 7. The second kappa shape index (κ2) is 7.47. The van der Waals surface area contributed by atoms with Crippen molar-refractivity contribution in [3.05, 3.63) is 37.1 Å². The van der Waals surface area contributed by atoms with Crippen molar-refractivity contribution >= 4 is 16.7 Å². The lowest BCUT2D eigenvalue weighted by Gasteiger charge is -2.29. The van der Waals surface area contributed by atoms with Crippen molar-refractivity contribution in [3.63, 3.8) is 0 Å². The highest BCUT2D eigenvalue weighted by atomic mass is 16.5. The fourth-order valence-electron chi connectivity index (χ4n) is 4.26. The lowest BCUT2D eigenvalue weighted by atomic mass is 9.93. The van der Waals surface area contributed by atoms with Crippen LogP contribution < -0.4 is 10.1 Å². The Hall–Kier alpha value is -3.36. The van der Waals surface area contributed by atoms with E-state index < -0.39 is 0 Å². The van der Waals surface area contributed by atoms with E-state index in [0.717, 1.165) is 59.4 Å². The highest BCUT2D eigenvalue weighted by Gasteiger charge is 2.27. The van der Waals surface area contributed by atoms with Crippen molar-refractivity contribution < 1.29 is 4.74 Å². The fraction of sp³-hybridized carbons (Fsp3) is 0.429. The van der Waals surface area contributed by atoms with E-state index in [0.29, 0.717) is 6.04 Å². The van der Waals surface area contributed by atoms with Gasteiger partial charge in [0.2, 0.25) is 0 Å². The molecule has 9 heteroatoms. The monoisotopic (exact) mass is 406 g/mol. The van der Waals surface area contributed by atoms with E-state index in [2.05, 4.69) is 31.2 Å². The Morgan fingerprint density at radius 1 is 1.00 bits per heavy atom. The van der Waals surface area contributed by atoms with Crippen LogP contribution in [0.3, 0.4) is 0 Å². The van der Waals surface area contributed by atoms with Crippen LogP contribution in [-0.2, 0) is 14.1 Å². The first-order valence-corrected chi connectivity index (χ1v) is 10.3. The molecule has 4 aromatic heterocycles. The zero-order valence-corrected chi connectivity index (χ0v) is 17.5. The van der Waals surface area contributed by atoms with Crippen LogP contribution in [0.15, 0.2) is 37.1 Å². The van der Waals surface area contributed by atoms with Crippen LogP contribution >= 0.6 is 0 Å². The van der Waals surface area contributed by atoms with Crippen molar-refractivity contribution in [1.82, 2.24) is 34.3 Å². The number of hydrogen-bond donors (Lipinski definition) is 1. The van der Waals surface area contributed by atoms with Gasteiger partial charge in [-0.1, -0.05) is 0 Å². The maximum absolute atomic E-state index is 6.12. The molecule has 1 saturated carbocycles. The largest absolute Gasteiger partial charge is 0.487 e. The summed E-state index contributed by atoms with van der Waals surface area (Å²) in [7, 11) is 5.71. The summed E-state index contributed by atoms with van der Waals surface area (Å²) in [5, 5.41) is 17.7. The molecule has 1 N–H and O–H groups in total. The van der Waals surface area contributed by atoms with Gasteiger partial charge in [0.25, 0.3) is 0 Å². The minimum absolute atomic E-state index is 0.222. The highest BCUT2D eigenvalue weighted by Crippen LogP contribution is 2.36. The van der Waals surface area contributed by atoms with Gasteiger partial charge in [-0.3, -0.25) is 14.0 Å². The molecule has 0 aromatic carbocycles. The van der Waals surface area contributed by atoms with Gasteiger partial charge in [-0.25, -0.2) is 4.98 Å². The predicted molar refractivity (Wildman–Crippen MR) is 114 cm³/mol. The van der Waals surface area contributed by atoms with Gasteiger partial charge in [0.15, 0.2) is 5.75 Å². The summed E-state index contributed by atoms with van der Waals surface area (Å²) in [6, 6.07) is 2.42. The molecular weight excluding hydrogens is 380 g/mol. The molecule has 0 atom stereocenters. The Labute approximate surface area is 174 Å². The molecule has 0 spiro atoms. The van der Waals surface area contributed by atoms with Crippen LogP contribution in [0.2, 0.25) is 0 Å². The van der Waals surface area contributed by atoms with Gasteiger partial charge in [-0.15, -0.1) is 0 Å². The number of aromatic nitrogens is 7. The van der Waals surface area contributed by atoms with E-state index >= 15 is 0 Å². The van der Waals surface area contributed by atoms with Crippen molar-refractivity contribution in [2.45, 2.75) is 37.8 Å². The molecular formula is C21H26N8O. The summed E-state index contributed by atoms with van der Waals surface area (Å²) in [5.74, 6) is 1.68. The lowest BCUT2D eigenvalue weighted by molar-refractivity contribution is 0.131. The van der Waals surface area contributed by atoms with Crippen LogP contribution in [0.25, 0.3) is 22.2 Å². The Balaban J connectivity index is 1.42.